The highest BCUT2D eigenvalue weighted by molar-refractivity contribution is 5.10. The van der Waals surface area contributed by atoms with Gasteiger partial charge in [-0.1, -0.05) is 12.8 Å². The van der Waals surface area contributed by atoms with E-state index in [-0.39, 0.29) is 5.56 Å². The molecule has 1 N–H and O–H groups in total. The maximum absolute atomic E-state index is 11.2. The van der Waals surface area contributed by atoms with Gasteiger partial charge in [0, 0.05) is 24.3 Å². The topological polar surface area (TPSA) is 36.1 Å². The Morgan fingerprint density at radius 1 is 1.44 bits per heavy atom. The van der Waals surface area contributed by atoms with Gasteiger partial charge in [0.25, 0.3) is 0 Å². The molecule has 0 spiro atoms. The molecule has 1 aliphatic rings. The summed E-state index contributed by atoms with van der Waals surface area (Å²) in [6, 6.07) is 3.67. The average Bonchev–Trinajstić information content (AvgIpc) is 2.66. The highest BCUT2D eigenvalue weighted by atomic mass is 16.1. The Morgan fingerprint density at radius 3 is 2.75 bits per heavy atom. The number of H-pyrrole nitrogens is 1. The SMILES string of the molecule is CN(Cc1cc[nH]c(=O)c1)C1(C)CCCC1. The third kappa shape index (κ3) is 2.35. The quantitative estimate of drug-likeness (QED) is 0.847. The molecule has 2 rings (SSSR count). The lowest BCUT2D eigenvalue weighted by Gasteiger charge is -2.35. The summed E-state index contributed by atoms with van der Waals surface area (Å²) in [5.74, 6) is 0. The molecule has 0 bridgehead atoms. The van der Waals surface area contributed by atoms with Crippen molar-refractivity contribution in [2.24, 2.45) is 0 Å². The second kappa shape index (κ2) is 4.42. The van der Waals surface area contributed by atoms with Gasteiger partial charge >= 0.3 is 0 Å². The molecule has 1 heterocycles. The first-order valence-electron chi connectivity index (χ1n) is 5.99. The molecule has 3 heteroatoms. The Bertz CT molecular complexity index is 404. The molecule has 16 heavy (non-hydrogen) atoms. The van der Waals surface area contributed by atoms with Crippen LogP contribution in [0, 0.1) is 0 Å². The minimum atomic E-state index is -0.0116. The molecular weight excluding hydrogens is 200 g/mol. The molecule has 0 unspecified atom stereocenters. The normalized spacial score (nSPS) is 19.2. The van der Waals surface area contributed by atoms with Crippen molar-refractivity contribution in [2.45, 2.75) is 44.7 Å². The van der Waals surface area contributed by atoms with E-state index in [0.717, 1.165) is 12.1 Å². The number of rotatable bonds is 3. The van der Waals surface area contributed by atoms with Crippen LogP contribution in [-0.4, -0.2) is 22.5 Å². The van der Waals surface area contributed by atoms with Crippen molar-refractivity contribution in [1.29, 1.82) is 0 Å². The zero-order valence-electron chi connectivity index (χ0n) is 10.1. The summed E-state index contributed by atoms with van der Waals surface area (Å²) in [5, 5.41) is 0. The molecule has 0 aromatic carbocycles. The van der Waals surface area contributed by atoms with Crippen LogP contribution < -0.4 is 5.56 Å². The van der Waals surface area contributed by atoms with E-state index in [1.807, 2.05) is 6.07 Å². The minimum Gasteiger partial charge on any atom is -0.329 e. The van der Waals surface area contributed by atoms with Gasteiger partial charge in [-0.3, -0.25) is 9.69 Å². The van der Waals surface area contributed by atoms with Crippen molar-refractivity contribution in [3.8, 4) is 0 Å². The lowest BCUT2D eigenvalue weighted by molar-refractivity contribution is 0.135. The maximum atomic E-state index is 11.2. The van der Waals surface area contributed by atoms with E-state index in [1.54, 1.807) is 12.3 Å². The van der Waals surface area contributed by atoms with E-state index < -0.39 is 0 Å². The number of aromatic nitrogens is 1. The molecule has 0 saturated heterocycles. The van der Waals surface area contributed by atoms with Gasteiger partial charge in [0.2, 0.25) is 5.56 Å². The lowest BCUT2D eigenvalue weighted by Crippen LogP contribution is -2.40. The van der Waals surface area contributed by atoms with Gasteiger partial charge in [-0.25, -0.2) is 0 Å². The van der Waals surface area contributed by atoms with Crippen LogP contribution in [-0.2, 0) is 6.54 Å². The number of nitrogens with zero attached hydrogens (tertiary/aromatic N) is 1. The van der Waals surface area contributed by atoms with Crippen LogP contribution in [0.4, 0.5) is 0 Å². The highest BCUT2D eigenvalue weighted by Gasteiger charge is 2.32. The molecule has 1 aliphatic carbocycles. The predicted octanol–water partition coefficient (Wildman–Crippen LogP) is 2.14. The zero-order valence-corrected chi connectivity index (χ0v) is 10.1. The summed E-state index contributed by atoms with van der Waals surface area (Å²) >= 11 is 0. The van der Waals surface area contributed by atoms with Gasteiger partial charge in [0.15, 0.2) is 0 Å². The van der Waals surface area contributed by atoms with E-state index in [9.17, 15) is 4.79 Å². The van der Waals surface area contributed by atoms with Gasteiger partial charge in [0.1, 0.15) is 0 Å². The number of nitrogens with one attached hydrogen (secondary N) is 1. The zero-order chi connectivity index (χ0) is 11.6. The molecule has 1 aromatic rings. The monoisotopic (exact) mass is 220 g/mol. The van der Waals surface area contributed by atoms with Crippen molar-refractivity contribution >= 4 is 0 Å². The van der Waals surface area contributed by atoms with E-state index in [2.05, 4.69) is 23.9 Å². The van der Waals surface area contributed by atoms with Gasteiger partial charge in [0.05, 0.1) is 0 Å². The van der Waals surface area contributed by atoms with Crippen LogP contribution in [0.2, 0.25) is 0 Å². The molecule has 1 saturated carbocycles. The lowest BCUT2D eigenvalue weighted by atomic mass is 9.98. The van der Waals surface area contributed by atoms with Gasteiger partial charge in [-0.2, -0.15) is 0 Å². The fourth-order valence-corrected chi connectivity index (χ4v) is 2.57. The Morgan fingerprint density at radius 2 is 2.12 bits per heavy atom. The van der Waals surface area contributed by atoms with Gasteiger partial charge < -0.3 is 4.98 Å². The van der Waals surface area contributed by atoms with E-state index in [1.165, 1.54) is 25.7 Å². The molecule has 0 amide bonds. The highest BCUT2D eigenvalue weighted by Crippen LogP contribution is 2.34. The number of aromatic amines is 1. The van der Waals surface area contributed by atoms with Crippen LogP contribution in [0.3, 0.4) is 0 Å². The molecule has 1 fully saturated rings. The van der Waals surface area contributed by atoms with Crippen LogP contribution in [0.5, 0.6) is 0 Å². The fourth-order valence-electron chi connectivity index (χ4n) is 2.57. The Labute approximate surface area is 96.5 Å². The third-order valence-corrected chi connectivity index (χ3v) is 3.86. The molecule has 0 radical (unpaired) electrons. The van der Waals surface area contributed by atoms with Crippen LogP contribution in [0.15, 0.2) is 23.1 Å². The van der Waals surface area contributed by atoms with Gasteiger partial charge in [-0.05, 0) is 38.4 Å². The largest absolute Gasteiger partial charge is 0.329 e. The number of hydrogen-bond donors (Lipinski definition) is 1. The molecular formula is C13H20N2O. The summed E-state index contributed by atoms with van der Waals surface area (Å²) in [4.78, 5) is 16.2. The Balaban J connectivity index is 2.07. The maximum Gasteiger partial charge on any atom is 0.248 e. The van der Waals surface area contributed by atoms with E-state index >= 15 is 0 Å². The number of hydrogen-bond acceptors (Lipinski definition) is 2. The molecule has 1 aromatic heterocycles. The number of pyridine rings is 1. The summed E-state index contributed by atoms with van der Waals surface area (Å²) in [5.41, 5.74) is 1.41. The standard InChI is InChI=1S/C13H20N2O/c1-13(6-3-4-7-13)15(2)10-11-5-8-14-12(16)9-11/h5,8-9H,3-4,6-7,10H2,1-2H3,(H,14,16). The van der Waals surface area contributed by atoms with Crippen molar-refractivity contribution < 1.29 is 0 Å². The molecule has 88 valence electrons. The first-order chi connectivity index (χ1) is 7.60. The summed E-state index contributed by atoms with van der Waals surface area (Å²) in [7, 11) is 2.16. The van der Waals surface area contributed by atoms with Crippen molar-refractivity contribution in [1.82, 2.24) is 9.88 Å². The first-order valence-corrected chi connectivity index (χ1v) is 5.99. The second-order valence-electron chi connectivity index (χ2n) is 5.12. The smallest absolute Gasteiger partial charge is 0.248 e. The molecule has 0 aliphatic heterocycles. The summed E-state index contributed by atoms with van der Waals surface area (Å²) in [6.45, 7) is 3.19. The predicted molar refractivity (Wildman–Crippen MR) is 65.4 cm³/mol. The van der Waals surface area contributed by atoms with Crippen molar-refractivity contribution in [2.75, 3.05) is 7.05 Å². The van der Waals surface area contributed by atoms with E-state index in [0.29, 0.717) is 5.54 Å². The van der Waals surface area contributed by atoms with Crippen LogP contribution in [0.1, 0.15) is 38.2 Å². The Kier molecular flexibility index (Phi) is 3.15. The van der Waals surface area contributed by atoms with Crippen molar-refractivity contribution in [3.63, 3.8) is 0 Å². The Hall–Kier alpha value is -1.09. The molecule has 3 nitrogen and oxygen atoms in total. The van der Waals surface area contributed by atoms with Gasteiger partial charge in [-0.15, -0.1) is 0 Å². The van der Waals surface area contributed by atoms with Crippen LogP contribution >= 0.6 is 0 Å². The summed E-state index contributed by atoms with van der Waals surface area (Å²) in [6.07, 6.45) is 6.92. The first kappa shape index (κ1) is 11.4. The minimum absolute atomic E-state index is 0.0116. The van der Waals surface area contributed by atoms with E-state index in [4.69, 9.17) is 0 Å². The van der Waals surface area contributed by atoms with Crippen molar-refractivity contribution in [3.05, 3.63) is 34.2 Å². The average molecular weight is 220 g/mol. The van der Waals surface area contributed by atoms with Crippen LogP contribution in [0.25, 0.3) is 0 Å². The third-order valence-electron chi connectivity index (χ3n) is 3.86. The second-order valence-corrected chi connectivity index (χ2v) is 5.12. The fraction of sp³-hybridized carbons (Fsp3) is 0.615. The molecule has 0 atom stereocenters. The summed E-state index contributed by atoms with van der Waals surface area (Å²) < 4.78 is 0.